The molecular weight excluding hydrogens is 264 g/mol. The SMILES string of the molecule is CC=C(CC1CC2C=CC1C2)C(C)(C)C(C)(C)C(C)=C(C)C. The number of hydrogen-bond acceptors (Lipinski definition) is 0. The van der Waals surface area contributed by atoms with E-state index in [-0.39, 0.29) is 10.8 Å². The molecule has 0 nitrogen and oxygen atoms in total. The normalized spacial score (nSPS) is 28.4. The van der Waals surface area contributed by atoms with Gasteiger partial charge in [0.05, 0.1) is 0 Å². The van der Waals surface area contributed by atoms with Crippen molar-refractivity contribution < 1.29 is 0 Å². The maximum atomic E-state index is 2.49. The molecule has 0 aromatic rings. The van der Waals surface area contributed by atoms with Gasteiger partial charge in [-0.3, -0.25) is 0 Å². The van der Waals surface area contributed by atoms with E-state index in [2.05, 4.69) is 73.6 Å². The zero-order valence-corrected chi connectivity index (χ0v) is 16.1. The van der Waals surface area contributed by atoms with Crippen LogP contribution >= 0.6 is 0 Å². The van der Waals surface area contributed by atoms with Gasteiger partial charge in [-0.1, -0.05) is 62.6 Å². The first kappa shape index (κ1) is 17.6. The van der Waals surface area contributed by atoms with E-state index in [1.165, 1.54) is 24.8 Å². The third-order valence-corrected chi connectivity index (χ3v) is 7.30. The molecule has 3 unspecified atom stereocenters. The maximum absolute atomic E-state index is 2.49. The van der Waals surface area contributed by atoms with E-state index >= 15 is 0 Å². The Morgan fingerprint density at radius 2 is 1.64 bits per heavy atom. The lowest BCUT2D eigenvalue weighted by atomic mass is 9.58. The summed E-state index contributed by atoms with van der Waals surface area (Å²) < 4.78 is 0. The zero-order valence-electron chi connectivity index (χ0n) is 16.1. The molecular formula is C22H36. The Balaban J connectivity index is 2.22. The van der Waals surface area contributed by atoms with E-state index in [0.29, 0.717) is 0 Å². The summed E-state index contributed by atoms with van der Waals surface area (Å²) in [6.07, 6.45) is 11.5. The Kier molecular flexibility index (Phi) is 4.81. The van der Waals surface area contributed by atoms with Gasteiger partial charge >= 0.3 is 0 Å². The topological polar surface area (TPSA) is 0 Å². The molecule has 0 aromatic heterocycles. The Morgan fingerprint density at radius 1 is 1.00 bits per heavy atom. The van der Waals surface area contributed by atoms with Crippen molar-refractivity contribution in [1.82, 2.24) is 0 Å². The molecule has 1 fully saturated rings. The smallest absolute Gasteiger partial charge is 0.00564 e. The average molecular weight is 301 g/mol. The molecule has 0 radical (unpaired) electrons. The highest BCUT2D eigenvalue weighted by Crippen LogP contribution is 2.54. The molecule has 1 saturated carbocycles. The van der Waals surface area contributed by atoms with Gasteiger partial charge in [0.25, 0.3) is 0 Å². The van der Waals surface area contributed by atoms with Gasteiger partial charge in [0, 0.05) is 0 Å². The minimum atomic E-state index is 0.196. The molecule has 0 aliphatic heterocycles. The number of rotatable bonds is 5. The minimum Gasteiger partial charge on any atom is -0.0879 e. The summed E-state index contributed by atoms with van der Waals surface area (Å²) in [5, 5.41) is 0. The molecule has 3 atom stereocenters. The minimum absolute atomic E-state index is 0.196. The largest absolute Gasteiger partial charge is 0.0879 e. The fourth-order valence-corrected chi connectivity index (χ4v) is 4.64. The van der Waals surface area contributed by atoms with Crippen molar-refractivity contribution in [2.75, 3.05) is 0 Å². The van der Waals surface area contributed by atoms with Gasteiger partial charge in [0.15, 0.2) is 0 Å². The predicted molar refractivity (Wildman–Crippen MR) is 98.8 cm³/mol. The molecule has 22 heavy (non-hydrogen) atoms. The van der Waals surface area contributed by atoms with Crippen LogP contribution in [0, 0.1) is 28.6 Å². The molecule has 0 heterocycles. The van der Waals surface area contributed by atoms with Crippen LogP contribution in [-0.4, -0.2) is 0 Å². The molecule has 0 N–H and O–H groups in total. The summed E-state index contributed by atoms with van der Waals surface area (Å²) in [6.45, 7) is 18.8. The van der Waals surface area contributed by atoms with Crippen molar-refractivity contribution in [3.63, 3.8) is 0 Å². The zero-order chi connectivity index (χ0) is 16.7. The third kappa shape index (κ3) is 2.86. The van der Waals surface area contributed by atoms with Gasteiger partial charge in [0.2, 0.25) is 0 Å². The Bertz CT molecular complexity index is 506. The predicted octanol–water partition coefficient (Wildman–Crippen LogP) is 6.94. The molecule has 0 amide bonds. The summed E-state index contributed by atoms with van der Waals surface area (Å²) in [5.41, 5.74) is 5.07. The maximum Gasteiger partial charge on any atom is -0.00564 e. The Morgan fingerprint density at radius 3 is 2.05 bits per heavy atom. The molecule has 2 aliphatic carbocycles. The van der Waals surface area contributed by atoms with Crippen LogP contribution in [0.2, 0.25) is 0 Å². The van der Waals surface area contributed by atoms with Crippen LogP contribution < -0.4 is 0 Å². The summed E-state index contributed by atoms with van der Waals surface area (Å²) in [7, 11) is 0. The van der Waals surface area contributed by atoms with Crippen LogP contribution in [0.1, 0.15) is 74.7 Å². The second kappa shape index (κ2) is 6.02. The van der Waals surface area contributed by atoms with Gasteiger partial charge in [0.1, 0.15) is 0 Å². The molecule has 2 rings (SSSR count). The first-order chi connectivity index (χ1) is 10.1. The van der Waals surface area contributed by atoms with Crippen LogP contribution in [0.3, 0.4) is 0 Å². The van der Waals surface area contributed by atoms with Crippen LogP contribution in [-0.2, 0) is 0 Å². The highest BCUT2D eigenvalue weighted by Gasteiger charge is 2.43. The molecule has 124 valence electrons. The monoisotopic (exact) mass is 300 g/mol. The first-order valence-electron chi connectivity index (χ1n) is 9.09. The molecule has 0 saturated heterocycles. The Hall–Kier alpha value is -0.780. The van der Waals surface area contributed by atoms with E-state index in [0.717, 1.165) is 17.8 Å². The summed E-state index contributed by atoms with van der Waals surface area (Å²) in [4.78, 5) is 0. The van der Waals surface area contributed by atoms with Crippen molar-refractivity contribution >= 4 is 0 Å². The molecule has 2 aliphatic rings. The molecule has 0 spiro atoms. The van der Waals surface area contributed by atoms with Gasteiger partial charge < -0.3 is 0 Å². The van der Waals surface area contributed by atoms with E-state index in [1.54, 1.807) is 11.1 Å². The number of fused-ring (bicyclic) bond motifs is 2. The van der Waals surface area contributed by atoms with Crippen LogP contribution in [0.5, 0.6) is 0 Å². The van der Waals surface area contributed by atoms with Crippen molar-refractivity contribution in [2.45, 2.75) is 74.7 Å². The molecule has 0 heteroatoms. The van der Waals surface area contributed by atoms with Crippen LogP contribution in [0.4, 0.5) is 0 Å². The van der Waals surface area contributed by atoms with Gasteiger partial charge in [-0.25, -0.2) is 0 Å². The second-order valence-electron chi connectivity index (χ2n) is 8.93. The number of hydrogen-bond donors (Lipinski definition) is 0. The van der Waals surface area contributed by atoms with Gasteiger partial charge in [-0.15, -0.1) is 0 Å². The third-order valence-electron chi connectivity index (χ3n) is 7.30. The highest BCUT2D eigenvalue weighted by molar-refractivity contribution is 5.28. The van der Waals surface area contributed by atoms with Crippen molar-refractivity contribution in [3.05, 3.63) is 34.9 Å². The molecule has 0 aromatic carbocycles. The van der Waals surface area contributed by atoms with Crippen LogP contribution in [0.25, 0.3) is 0 Å². The van der Waals surface area contributed by atoms with E-state index < -0.39 is 0 Å². The average Bonchev–Trinajstić information content (AvgIpc) is 3.05. The van der Waals surface area contributed by atoms with Gasteiger partial charge in [-0.05, 0) is 75.5 Å². The van der Waals surface area contributed by atoms with Crippen LogP contribution in [0.15, 0.2) is 34.9 Å². The number of allylic oxidation sites excluding steroid dienone is 6. The fraction of sp³-hybridized carbons (Fsp3) is 0.727. The summed E-state index contributed by atoms with van der Waals surface area (Å²) in [6, 6.07) is 0. The van der Waals surface area contributed by atoms with E-state index in [1.807, 2.05) is 0 Å². The second-order valence-corrected chi connectivity index (χ2v) is 8.93. The lowest BCUT2D eigenvalue weighted by molar-refractivity contribution is 0.184. The van der Waals surface area contributed by atoms with Crippen molar-refractivity contribution in [3.8, 4) is 0 Å². The Labute approximate surface area is 138 Å². The quantitative estimate of drug-likeness (QED) is 0.482. The summed E-state index contributed by atoms with van der Waals surface area (Å²) >= 11 is 0. The lowest BCUT2D eigenvalue weighted by Gasteiger charge is -2.46. The first-order valence-corrected chi connectivity index (χ1v) is 9.09. The van der Waals surface area contributed by atoms with E-state index in [9.17, 15) is 0 Å². The molecule has 2 bridgehead atoms. The van der Waals surface area contributed by atoms with Crippen molar-refractivity contribution in [1.29, 1.82) is 0 Å². The standard InChI is InChI=1S/C22H36/c1-9-20(14-19-13-17-10-11-18(19)12-17)22(7,8)21(5,6)16(4)15(2)3/h9-11,17-19H,12-14H2,1-8H3. The summed E-state index contributed by atoms with van der Waals surface area (Å²) in [5.74, 6) is 2.61. The van der Waals surface area contributed by atoms with Gasteiger partial charge in [-0.2, -0.15) is 0 Å². The highest BCUT2D eigenvalue weighted by atomic mass is 14.5. The van der Waals surface area contributed by atoms with Crippen molar-refractivity contribution in [2.24, 2.45) is 28.6 Å². The lowest BCUT2D eigenvalue weighted by Crippen LogP contribution is -2.36. The van der Waals surface area contributed by atoms with E-state index in [4.69, 9.17) is 0 Å². The fourth-order valence-electron chi connectivity index (χ4n) is 4.64.